The standard InChI is InChI=1S/C11H22N2O/c1-4-8(3)10(12)11(14)13-9-5-7(2)6-9/h7-10H,4-6,12H2,1-3H3,(H,13,14). The Bertz CT molecular complexity index is 199. The van der Waals surface area contributed by atoms with Gasteiger partial charge in [-0.3, -0.25) is 4.79 Å². The fraction of sp³-hybridized carbons (Fsp3) is 0.909. The molecule has 1 fully saturated rings. The van der Waals surface area contributed by atoms with Crippen LogP contribution in [0.15, 0.2) is 0 Å². The zero-order valence-corrected chi connectivity index (χ0v) is 9.42. The molecular formula is C11H22N2O. The Labute approximate surface area is 86.4 Å². The third kappa shape index (κ3) is 2.71. The number of nitrogens with one attached hydrogen (secondary N) is 1. The Morgan fingerprint density at radius 2 is 2.14 bits per heavy atom. The van der Waals surface area contributed by atoms with Gasteiger partial charge in [-0.15, -0.1) is 0 Å². The van der Waals surface area contributed by atoms with Crippen LogP contribution in [0.5, 0.6) is 0 Å². The summed E-state index contributed by atoms with van der Waals surface area (Å²) in [5.74, 6) is 1.06. The number of hydrogen-bond donors (Lipinski definition) is 2. The maximum atomic E-state index is 11.6. The van der Waals surface area contributed by atoms with Crippen LogP contribution in [0.2, 0.25) is 0 Å². The van der Waals surface area contributed by atoms with E-state index in [2.05, 4.69) is 19.2 Å². The van der Waals surface area contributed by atoms with Crippen molar-refractivity contribution in [2.45, 2.75) is 52.1 Å². The van der Waals surface area contributed by atoms with Crippen LogP contribution in [0.3, 0.4) is 0 Å². The van der Waals surface area contributed by atoms with E-state index in [1.165, 1.54) is 0 Å². The Morgan fingerprint density at radius 1 is 1.57 bits per heavy atom. The first-order chi connectivity index (χ1) is 6.54. The second kappa shape index (κ2) is 4.78. The summed E-state index contributed by atoms with van der Waals surface area (Å²) < 4.78 is 0. The largest absolute Gasteiger partial charge is 0.352 e. The highest BCUT2D eigenvalue weighted by Gasteiger charge is 2.29. The SMILES string of the molecule is CCC(C)C(N)C(=O)NC1CC(C)C1. The number of carbonyl (C=O) groups excluding carboxylic acids is 1. The molecule has 1 aliphatic carbocycles. The molecule has 1 amide bonds. The van der Waals surface area contributed by atoms with Crippen molar-refractivity contribution < 1.29 is 4.79 Å². The molecule has 0 aromatic rings. The third-order valence-corrected chi connectivity index (χ3v) is 3.28. The molecule has 1 aliphatic rings. The van der Waals surface area contributed by atoms with E-state index in [4.69, 9.17) is 5.73 Å². The Hall–Kier alpha value is -0.570. The molecule has 2 atom stereocenters. The van der Waals surface area contributed by atoms with Gasteiger partial charge in [0.1, 0.15) is 0 Å². The summed E-state index contributed by atoms with van der Waals surface area (Å²) in [7, 11) is 0. The number of carbonyl (C=O) groups is 1. The van der Waals surface area contributed by atoms with Crippen LogP contribution in [0.1, 0.15) is 40.0 Å². The van der Waals surface area contributed by atoms with Crippen LogP contribution >= 0.6 is 0 Å². The van der Waals surface area contributed by atoms with E-state index in [0.29, 0.717) is 6.04 Å². The molecule has 0 aliphatic heterocycles. The fourth-order valence-corrected chi connectivity index (χ4v) is 1.83. The molecule has 0 aromatic heterocycles. The van der Waals surface area contributed by atoms with Gasteiger partial charge in [0.25, 0.3) is 0 Å². The van der Waals surface area contributed by atoms with Gasteiger partial charge in [-0.25, -0.2) is 0 Å². The molecule has 1 saturated carbocycles. The maximum absolute atomic E-state index is 11.6. The highest BCUT2D eigenvalue weighted by atomic mass is 16.2. The molecule has 3 nitrogen and oxygen atoms in total. The highest BCUT2D eigenvalue weighted by Crippen LogP contribution is 2.26. The molecule has 1 rings (SSSR count). The second-order valence-corrected chi connectivity index (χ2v) is 4.69. The molecule has 0 heterocycles. The summed E-state index contributed by atoms with van der Waals surface area (Å²) in [6.45, 7) is 6.29. The van der Waals surface area contributed by atoms with E-state index in [9.17, 15) is 4.79 Å². The molecular weight excluding hydrogens is 176 g/mol. The van der Waals surface area contributed by atoms with E-state index in [1.54, 1.807) is 0 Å². The summed E-state index contributed by atoms with van der Waals surface area (Å²) in [5, 5.41) is 3.00. The van der Waals surface area contributed by atoms with Gasteiger partial charge in [0.15, 0.2) is 0 Å². The lowest BCUT2D eigenvalue weighted by Gasteiger charge is -2.34. The van der Waals surface area contributed by atoms with Crippen molar-refractivity contribution in [2.24, 2.45) is 17.6 Å². The van der Waals surface area contributed by atoms with Gasteiger partial charge in [0.2, 0.25) is 5.91 Å². The van der Waals surface area contributed by atoms with Gasteiger partial charge in [0.05, 0.1) is 6.04 Å². The average molecular weight is 198 g/mol. The van der Waals surface area contributed by atoms with Gasteiger partial charge in [-0.05, 0) is 24.7 Å². The zero-order chi connectivity index (χ0) is 10.7. The summed E-state index contributed by atoms with van der Waals surface area (Å²) in [4.78, 5) is 11.6. The predicted molar refractivity (Wildman–Crippen MR) is 57.8 cm³/mol. The minimum Gasteiger partial charge on any atom is -0.352 e. The lowest BCUT2D eigenvalue weighted by Crippen LogP contribution is -2.51. The number of rotatable bonds is 4. The molecule has 0 bridgehead atoms. The van der Waals surface area contributed by atoms with Gasteiger partial charge in [0, 0.05) is 6.04 Å². The van der Waals surface area contributed by atoms with Crippen molar-refractivity contribution in [2.75, 3.05) is 0 Å². The predicted octanol–water partition coefficient (Wildman–Crippen LogP) is 1.27. The highest BCUT2D eigenvalue weighted by molar-refractivity contribution is 5.82. The quantitative estimate of drug-likeness (QED) is 0.715. The van der Waals surface area contributed by atoms with E-state index < -0.39 is 0 Å². The van der Waals surface area contributed by atoms with Crippen LogP contribution in [0.25, 0.3) is 0 Å². The van der Waals surface area contributed by atoms with E-state index in [1.807, 2.05) is 6.92 Å². The molecule has 3 N–H and O–H groups in total. The van der Waals surface area contributed by atoms with Crippen LogP contribution in [-0.4, -0.2) is 18.0 Å². The molecule has 82 valence electrons. The molecule has 14 heavy (non-hydrogen) atoms. The van der Waals surface area contributed by atoms with Gasteiger partial charge < -0.3 is 11.1 Å². The van der Waals surface area contributed by atoms with Crippen LogP contribution in [0, 0.1) is 11.8 Å². The third-order valence-electron chi connectivity index (χ3n) is 3.28. The van der Waals surface area contributed by atoms with E-state index >= 15 is 0 Å². The van der Waals surface area contributed by atoms with Gasteiger partial charge in [-0.1, -0.05) is 27.2 Å². The summed E-state index contributed by atoms with van der Waals surface area (Å²) in [6.07, 6.45) is 3.17. The minimum atomic E-state index is -0.337. The van der Waals surface area contributed by atoms with Crippen molar-refractivity contribution in [1.82, 2.24) is 5.32 Å². The maximum Gasteiger partial charge on any atom is 0.237 e. The lowest BCUT2D eigenvalue weighted by atomic mass is 9.81. The molecule has 0 radical (unpaired) electrons. The Kier molecular flexibility index (Phi) is 3.93. The van der Waals surface area contributed by atoms with Crippen LogP contribution in [0.4, 0.5) is 0 Å². The smallest absolute Gasteiger partial charge is 0.237 e. The molecule has 3 heteroatoms. The first-order valence-electron chi connectivity index (χ1n) is 5.60. The van der Waals surface area contributed by atoms with Crippen LogP contribution in [-0.2, 0) is 4.79 Å². The van der Waals surface area contributed by atoms with Crippen molar-refractivity contribution in [3.05, 3.63) is 0 Å². The monoisotopic (exact) mass is 198 g/mol. The van der Waals surface area contributed by atoms with Gasteiger partial charge in [-0.2, -0.15) is 0 Å². The molecule has 0 spiro atoms. The summed E-state index contributed by atoms with van der Waals surface area (Å²) in [5.41, 5.74) is 5.82. The molecule has 2 unspecified atom stereocenters. The fourth-order valence-electron chi connectivity index (χ4n) is 1.83. The molecule has 0 aromatic carbocycles. The number of hydrogen-bond acceptors (Lipinski definition) is 2. The van der Waals surface area contributed by atoms with Crippen molar-refractivity contribution in [3.63, 3.8) is 0 Å². The topological polar surface area (TPSA) is 55.1 Å². The first-order valence-corrected chi connectivity index (χ1v) is 5.60. The Balaban J connectivity index is 2.27. The Morgan fingerprint density at radius 3 is 2.57 bits per heavy atom. The normalized spacial score (nSPS) is 30.3. The summed E-state index contributed by atoms with van der Waals surface area (Å²) >= 11 is 0. The van der Waals surface area contributed by atoms with E-state index in [-0.39, 0.29) is 17.9 Å². The number of nitrogens with two attached hydrogens (primary N) is 1. The van der Waals surface area contributed by atoms with Crippen molar-refractivity contribution >= 4 is 5.91 Å². The van der Waals surface area contributed by atoms with Crippen molar-refractivity contribution in [1.29, 1.82) is 0 Å². The lowest BCUT2D eigenvalue weighted by molar-refractivity contribution is -0.124. The first kappa shape index (κ1) is 11.5. The summed E-state index contributed by atoms with van der Waals surface area (Å²) in [6, 6.07) is 0.0449. The zero-order valence-electron chi connectivity index (χ0n) is 9.42. The van der Waals surface area contributed by atoms with Crippen molar-refractivity contribution in [3.8, 4) is 0 Å². The number of amides is 1. The molecule has 0 saturated heterocycles. The average Bonchev–Trinajstić information content (AvgIpc) is 2.12. The second-order valence-electron chi connectivity index (χ2n) is 4.69. The van der Waals surface area contributed by atoms with E-state index in [0.717, 1.165) is 25.2 Å². The van der Waals surface area contributed by atoms with Gasteiger partial charge >= 0.3 is 0 Å². The van der Waals surface area contributed by atoms with Crippen LogP contribution < -0.4 is 11.1 Å². The minimum absolute atomic E-state index is 0.0243.